The largest absolute Gasteiger partial charge is 0.462 e. The van der Waals surface area contributed by atoms with Crippen LogP contribution in [0.15, 0.2) is 47.6 Å². The Hall–Kier alpha value is -1.61. The van der Waals surface area contributed by atoms with E-state index in [9.17, 15) is 4.79 Å². The Bertz CT molecular complexity index is 540. The van der Waals surface area contributed by atoms with Gasteiger partial charge in [-0.3, -0.25) is 4.90 Å². The SMILES string of the molecule is C=C(C=CC(=CCC)C(=O)OCC)C=C1CCN(C2CCCC2)CC1. The van der Waals surface area contributed by atoms with Crippen LogP contribution in [0, 0.1) is 0 Å². The lowest BCUT2D eigenvalue weighted by Crippen LogP contribution is -2.38. The molecule has 2 fully saturated rings. The molecule has 0 spiro atoms. The second kappa shape index (κ2) is 10.4. The highest BCUT2D eigenvalue weighted by molar-refractivity contribution is 5.91. The van der Waals surface area contributed by atoms with Crippen LogP contribution in [-0.4, -0.2) is 36.6 Å². The van der Waals surface area contributed by atoms with E-state index in [1.807, 2.05) is 32.1 Å². The van der Waals surface area contributed by atoms with E-state index >= 15 is 0 Å². The maximum atomic E-state index is 11.9. The lowest BCUT2D eigenvalue weighted by Gasteiger charge is -2.33. The molecule has 0 aromatic heterocycles. The number of rotatable bonds is 7. The number of carbonyl (C=O) groups is 1. The summed E-state index contributed by atoms with van der Waals surface area (Å²) in [6.07, 6.45) is 16.5. The predicted octanol–water partition coefficient (Wildman–Crippen LogP) is 4.96. The molecule has 0 aromatic carbocycles. The lowest BCUT2D eigenvalue weighted by atomic mass is 9.99. The Morgan fingerprint density at radius 1 is 1.20 bits per heavy atom. The molecule has 1 heterocycles. The molecule has 25 heavy (non-hydrogen) atoms. The van der Waals surface area contributed by atoms with Gasteiger partial charge in [0.2, 0.25) is 0 Å². The summed E-state index contributed by atoms with van der Waals surface area (Å²) in [6.45, 7) is 10.7. The minimum atomic E-state index is -0.258. The molecule has 0 bridgehead atoms. The molecule has 1 saturated heterocycles. The van der Waals surface area contributed by atoms with Crippen molar-refractivity contribution < 1.29 is 9.53 Å². The Balaban J connectivity index is 1.87. The molecule has 2 aliphatic rings. The molecule has 1 saturated carbocycles. The van der Waals surface area contributed by atoms with Crippen LogP contribution in [-0.2, 0) is 9.53 Å². The Morgan fingerprint density at radius 3 is 2.48 bits per heavy atom. The Labute approximate surface area is 153 Å². The van der Waals surface area contributed by atoms with E-state index in [0.717, 1.165) is 30.9 Å². The quantitative estimate of drug-likeness (QED) is 0.371. The standard InChI is InChI=1S/C22H33NO2/c1-4-8-20(22(24)25-5-2)12-11-18(3)17-19-13-15-23(16-14-19)21-9-6-7-10-21/h8,11-12,17,21H,3-7,9-10,13-16H2,1-2H3. The van der Waals surface area contributed by atoms with Gasteiger partial charge in [0.1, 0.15) is 0 Å². The molecule has 0 radical (unpaired) electrons. The lowest BCUT2D eigenvalue weighted by molar-refractivity contribution is -0.138. The van der Waals surface area contributed by atoms with Gasteiger partial charge in [0.05, 0.1) is 12.2 Å². The third-order valence-electron chi connectivity index (χ3n) is 5.08. The molecule has 2 rings (SSSR count). The third-order valence-corrected chi connectivity index (χ3v) is 5.08. The Kier molecular flexibility index (Phi) is 8.20. The van der Waals surface area contributed by atoms with Crippen molar-refractivity contribution in [1.29, 1.82) is 0 Å². The number of hydrogen-bond acceptors (Lipinski definition) is 3. The third kappa shape index (κ3) is 6.32. The number of likely N-dealkylation sites (tertiary alicyclic amines) is 1. The van der Waals surface area contributed by atoms with Gasteiger partial charge in [0.25, 0.3) is 0 Å². The maximum absolute atomic E-state index is 11.9. The van der Waals surface area contributed by atoms with Crippen molar-refractivity contribution in [2.24, 2.45) is 0 Å². The summed E-state index contributed by atoms with van der Waals surface area (Å²) in [7, 11) is 0. The minimum absolute atomic E-state index is 0.258. The number of allylic oxidation sites excluding steroid dienone is 4. The van der Waals surface area contributed by atoms with Crippen LogP contribution >= 0.6 is 0 Å². The Morgan fingerprint density at radius 2 is 1.88 bits per heavy atom. The number of ether oxygens (including phenoxy) is 1. The zero-order valence-corrected chi connectivity index (χ0v) is 15.9. The average Bonchev–Trinajstić information content (AvgIpc) is 3.14. The fourth-order valence-electron chi connectivity index (χ4n) is 3.75. The molecule has 1 aliphatic heterocycles. The highest BCUT2D eigenvalue weighted by Gasteiger charge is 2.24. The van der Waals surface area contributed by atoms with Gasteiger partial charge < -0.3 is 4.74 Å². The van der Waals surface area contributed by atoms with E-state index in [1.165, 1.54) is 44.3 Å². The van der Waals surface area contributed by atoms with Gasteiger partial charge in [-0.2, -0.15) is 0 Å². The maximum Gasteiger partial charge on any atom is 0.337 e. The summed E-state index contributed by atoms with van der Waals surface area (Å²) in [4.78, 5) is 14.6. The van der Waals surface area contributed by atoms with Crippen LogP contribution in [0.4, 0.5) is 0 Å². The van der Waals surface area contributed by atoms with Crippen LogP contribution in [0.3, 0.4) is 0 Å². The molecule has 3 nitrogen and oxygen atoms in total. The molecule has 0 unspecified atom stereocenters. The van der Waals surface area contributed by atoms with Crippen molar-refractivity contribution in [2.45, 2.75) is 64.8 Å². The molecular weight excluding hydrogens is 310 g/mol. The number of hydrogen-bond donors (Lipinski definition) is 0. The molecule has 0 amide bonds. The van der Waals surface area contributed by atoms with Gasteiger partial charge in [-0.1, -0.05) is 50.1 Å². The van der Waals surface area contributed by atoms with Gasteiger partial charge in [0.15, 0.2) is 0 Å². The summed E-state index contributed by atoms with van der Waals surface area (Å²) in [5, 5.41) is 0. The molecule has 138 valence electrons. The van der Waals surface area contributed by atoms with Gasteiger partial charge in [-0.15, -0.1) is 0 Å². The van der Waals surface area contributed by atoms with Crippen LogP contribution in [0.1, 0.15) is 58.8 Å². The van der Waals surface area contributed by atoms with Gasteiger partial charge in [-0.05, 0) is 50.7 Å². The fraction of sp³-hybridized carbons (Fsp3) is 0.591. The smallest absolute Gasteiger partial charge is 0.337 e. The van der Waals surface area contributed by atoms with Crippen molar-refractivity contribution in [3.8, 4) is 0 Å². The van der Waals surface area contributed by atoms with Crippen LogP contribution < -0.4 is 0 Å². The van der Waals surface area contributed by atoms with Crippen LogP contribution in [0.25, 0.3) is 0 Å². The van der Waals surface area contributed by atoms with Gasteiger partial charge in [-0.25, -0.2) is 4.79 Å². The van der Waals surface area contributed by atoms with E-state index in [1.54, 1.807) is 0 Å². The number of piperidine rings is 1. The molecule has 0 atom stereocenters. The molecule has 0 N–H and O–H groups in total. The summed E-state index contributed by atoms with van der Waals surface area (Å²) in [5.74, 6) is -0.258. The zero-order chi connectivity index (χ0) is 18.1. The fourth-order valence-corrected chi connectivity index (χ4v) is 3.75. The van der Waals surface area contributed by atoms with Crippen LogP contribution in [0.2, 0.25) is 0 Å². The monoisotopic (exact) mass is 343 g/mol. The molecule has 1 aliphatic carbocycles. The molecular formula is C22H33NO2. The van der Waals surface area contributed by atoms with E-state index in [0.29, 0.717) is 12.2 Å². The second-order valence-electron chi connectivity index (χ2n) is 6.97. The second-order valence-corrected chi connectivity index (χ2v) is 6.97. The highest BCUT2D eigenvalue weighted by Crippen LogP contribution is 2.28. The molecule has 3 heteroatoms. The number of esters is 1. The van der Waals surface area contributed by atoms with Crippen molar-refractivity contribution >= 4 is 5.97 Å². The van der Waals surface area contributed by atoms with Crippen molar-refractivity contribution in [3.05, 3.63) is 47.6 Å². The topological polar surface area (TPSA) is 29.5 Å². The first-order valence-corrected chi connectivity index (χ1v) is 9.81. The number of carbonyl (C=O) groups excluding carboxylic acids is 1. The minimum Gasteiger partial charge on any atom is -0.462 e. The summed E-state index contributed by atoms with van der Waals surface area (Å²) in [6, 6.07) is 0.830. The van der Waals surface area contributed by atoms with E-state index in [4.69, 9.17) is 4.74 Å². The average molecular weight is 344 g/mol. The number of nitrogens with zero attached hydrogens (tertiary/aromatic N) is 1. The van der Waals surface area contributed by atoms with Gasteiger partial charge in [0, 0.05) is 19.1 Å². The van der Waals surface area contributed by atoms with E-state index in [2.05, 4.69) is 17.6 Å². The molecule has 0 aromatic rings. The first-order valence-electron chi connectivity index (χ1n) is 9.81. The van der Waals surface area contributed by atoms with E-state index in [-0.39, 0.29) is 5.97 Å². The first-order chi connectivity index (χ1) is 12.1. The van der Waals surface area contributed by atoms with Gasteiger partial charge >= 0.3 is 5.97 Å². The van der Waals surface area contributed by atoms with E-state index < -0.39 is 0 Å². The highest BCUT2D eigenvalue weighted by atomic mass is 16.5. The van der Waals surface area contributed by atoms with Crippen LogP contribution in [0.5, 0.6) is 0 Å². The normalized spacial score (nSPS) is 20.2. The summed E-state index contributed by atoms with van der Waals surface area (Å²) in [5.41, 5.74) is 3.04. The summed E-state index contributed by atoms with van der Waals surface area (Å²) >= 11 is 0. The van der Waals surface area contributed by atoms with Crippen molar-refractivity contribution in [2.75, 3.05) is 19.7 Å². The van der Waals surface area contributed by atoms with Crippen molar-refractivity contribution in [1.82, 2.24) is 4.90 Å². The van der Waals surface area contributed by atoms with Crippen molar-refractivity contribution in [3.63, 3.8) is 0 Å². The first kappa shape index (κ1) is 19.7. The predicted molar refractivity (Wildman–Crippen MR) is 104 cm³/mol. The zero-order valence-electron chi connectivity index (χ0n) is 15.9. The summed E-state index contributed by atoms with van der Waals surface area (Å²) < 4.78 is 5.09.